The number of nitrogens with one attached hydrogen (secondary N) is 1. The van der Waals surface area contributed by atoms with Gasteiger partial charge in [0.1, 0.15) is 5.71 Å². The quantitative estimate of drug-likeness (QED) is 0.624. The Morgan fingerprint density at radius 2 is 1.88 bits per heavy atom. The fourth-order valence-corrected chi connectivity index (χ4v) is 1.31. The molecule has 0 heterocycles. The highest BCUT2D eigenvalue weighted by Gasteiger charge is 2.15. The molecule has 1 aromatic carbocycles. The first-order chi connectivity index (χ1) is 8.13. The van der Waals surface area contributed by atoms with E-state index in [1.165, 1.54) is 14.2 Å². The van der Waals surface area contributed by atoms with Crippen LogP contribution in [0, 0.1) is 5.41 Å². The van der Waals surface area contributed by atoms with Crippen LogP contribution < -0.4 is 9.47 Å². The second-order valence-electron chi connectivity index (χ2n) is 3.17. The van der Waals surface area contributed by atoms with Crippen molar-refractivity contribution in [2.75, 3.05) is 20.8 Å². The van der Waals surface area contributed by atoms with E-state index in [0.29, 0.717) is 17.1 Å². The van der Waals surface area contributed by atoms with Crippen LogP contribution in [0.4, 0.5) is 0 Å². The van der Waals surface area contributed by atoms with Gasteiger partial charge in [-0.15, -0.1) is 0 Å². The van der Waals surface area contributed by atoms with Gasteiger partial charge in [0, 0.05) is 5.56 Å². The molecule has 0 unspecified atom stereocenters. The monoisotopic (exact) mass is 237 g/mol. The van der Waals surface area contributed by atoms with Gasteiger partial charge in [0.05, 0.1) is 20.8 Å². The Kier molecular flexibility index (Phi) is 4.51. The van der Waals surface area contributed by atoms with Gasteiger partial charge in [-0.05, 0) is 25.1 Å². The van der Waals surface area contributed by atoms with Crippen LogP contribution in [0.25, 0.3) is 0 Å². The number of carbonyl (C=O) groups excluding carboxylic acids is 1. The molecule has 0 aliphatic rings. The Balaban J connectivity index is 2.99. The summed E-state index contributed by atoms with van der Waals surface area (Å²) in [6, 6.07) is 4.82. The topological polar surface area (TPSA) is 68.6 Å². The van der Waals surface area contributed by atoms with Crippen molar-refractivity contribution in [2.24, 2.45) is 0 Å². The van der Waals surface area contributed by atoms with Crippen LogP contribution in [0.3, 0.4) is 0 Å². The highest BCUT2D eigenvalue weighted by atomic mass is 16.5. The molecule has 0 aliphatic carbocycles. The van der Waals surface area contributed by atoms with Crippen molar-refractivity contribution in [1.82, 2.24) is 0 Å². The summed E-state index contributed by atoms with van der Waals surface area (Å²) in [5, 5.41) is 7.67. The molecule has 0 bridgehead atoms. The third-order valence-electron chi connectivity index (χ3n) is 2.15. The lowest BCUT2D eigenvalue weighted by Crippen LogP contribution is -2.17. The van der Waals surface area contributed by atoms with E-state index in [9.17, 15) is 4.79 Å². The summed E-state index contributed by atoms with van der Waals surface area (Å²) < 4.78 is 14.9. The third-order valence-corrected chi connectivity index (χ3v) is 2.15. The molecule has 0 fully saturated rings. The molecular formula is C12H15NO4. The first kappa shape index (κ1) is 13.0. The van der Waals surface area contributed by atoms with E-state index in [0.717, 1.165) is 0 Å². The van der Waals surface area contributed by atoms with E-state index >= 15 is 0 Å². The Labute approximate surface area is 99.8 Å². The molecule has 5 heteroatoms. The van der Waals surface area contributed by atoms with Gasteiger partial charge < -0.3 is 14.2 Å². The lowest BCUT2D eigenvalue weighted by atomic mass is 10.1. The zero-order valence-corrected chi connectivity index (χ0v) is 10.1. The number of benzene rings is 1. The summed E-state index contributed by atoms with van der Waals surface area (Å²) in [5.41, 5.74) is 0.230. The van der Waals surface area contributed by atoms with E-state index in [4.69, 9.17) is 19.6 Å². The van der Waals surface area contributed by atoms with Crippen molar-refractivity contribution in [1.29, 1.82) is 5.41 Å². The SMILES string of the molecule is CCOC(=O)C(=N)c1ccc(OC)c(OC)c1. The molecule has 1 rings (SSSR count). The number of ether oxygens (including phenoxy) is 3. The number of methoxy groups -OCH3 is 2. The van der Waals surface area contributed by atoms with Gasteiger partial charge in [-0.2, -0.15) is 0 Å². The van der Waals surface area contributed by atoms with Gasteiger partial charge in [0.2, 0.25) is 0 Å². The number of rotatable bonds is 5. The summed E-state index contributed by atoms with van der Waals surface area (Å²) in [6.07, 6.45) is 0. The summed E-state index contributed by atoms with van der Waals surface area (Å²) in [6.45, 7) is 1.94. The van der Waals surface area contributed by atoms with E-state index < -0.39 is 5.97 Å². The molecule has 0 radical (unpaired) electrons. The van der Waals surface area contributed by atoms with Crippen LogP contribution in [0.1, 0.15) is 12.5 Å². The lowest BCUT2D eigenvalue weighted by molar-refractivity contribution is -0.135. The Morgan fingerprint density at radius 1 is 1.24 bits per heavy atom. The van der Waals surface area contributed by atoms with Crippen molar-refractivity contribution >= 4 is 11.7 Å². The van der Waals surface area contributed by atoms with E-state index in [1.807, 2.05) is 0 Å². The minimum Gasteiger partial charge on any atom is -0.493 e. The molecule has 0 spiro atoms. The fraction of sp³-hybridized carbons (Fsp3) is 0.333. The van der Waals surface area contributed by atoms with Gasteiger partial charge in [-0.3, -0.25) is 5.41 Å². The van der Waals surface area contributed by atoms with Crippen LogP contribution >= 0.6 is 0 Å². The maximum absolute atomic E-state index is 11.4. The second kappa shape index (κ2) is 5.89. The van der Waals surface area contributed by atoms with Gasteiger partial charge in [0.25, 0.3) is 0 Å². The average molecular weight is 237 g/mol. The number of hydrogen-bond donors (Lipinski definition) is 1. The lowest BCUT2D eigenvalue weighted by Gasteiger charge is -2.09. The maximum Gasteiger partial charge on any atom is 0.356 e. The number of carbonyl (C=O) groups is 1. The molecule has 0 aromatic heterocycles. The van der Waals surface area contributed by atoms with Gasteiger partial charge >= 0.3 is 5.97 Å². The van der Waals surface area contributed by atoms with E-state index in [-0.39, 0.29) is 12.3 Å². The molecule has 0 amide bonds. The molecule has 17 heavy (non-hydrogen) atoms. The summed E-state index contributed by atoms with van der Waals surface area (Å²) in [5.74, 6) is 0.367. The normalized spacial score (nSPS) is 9.59. The van der Waals surface area contributed by atoms with Crippen molar-refractivity contribution < 1.29 is 19.0 Å². The minimum atomic E-state index is -0.653. The van der Waals surface area contributed by atoms with Gasteiger partial charge in [-0.25, -0.2) is 4.79 Å². The largest absolute Gasteiger partial charge is 0.493 e. The van der Waals surface area contributed by atoms with Crippen molar-refractivity contribution in [3.8, 4) is 11.5 Å². The summed E-state index contributed by atoms with van der Waals surface area (Å²) in [4.78, 5) is 11.4. The van der Waals surface area contributed by atoms with Crippen LogP contribution in [0.15, 0.2) is 18.2 Å². The summed E-state index contributed by atoms with van der Waals surface area (Å²) in [7, 11) is 3.02. The molecule has 0 atom stereocenters. The minimum absolute atomic E-state index is 0.201. The van der Waals surface area contributed by atoms with E-state index in [1.54, 1.807) is 25.1 Å². The Bertz CT molecular complexity index is 429. The Morgan fingerprint density at radius 3 is 2.41 bits per heavy atom. The maximum atomic E-state index is 11.4. The fourth-order valence-electron chi connectivity index (χ4n) is 1.31. The molecular weight excluding hydrogens is 222 g/mol. The third kappa shape index (κ3) is 2.96. The van der Waals surface area contributed by atoms with Gasteiger partial charge in [-0.1, -0.05) is 0 Å². The highest BCUT2D eigenvalue weighted by Crippen LogP contribution is 2.27. The molecule has 1 aromatic rings. The zero-order valence-electron chi connectivity index (χ0n) is 10.1. The average Bonchev–Trinajstić information content (AvgIpc) is 2.37. The van der Waals surface area contributed by atoms with Crippen molar-refractivity contribution in [3.05, 3.63) is 23.8 Å². The molecule has 1 N–H and O–H groups in total. The number of esters is 1. The van der Waals surface area contributed by atoms with Crippen LogP contribution in [0.2, 0.25) is 0 Å². The first-order valence-corrected chi connectivity index (χ1v) is 5.12. The van der Waals surface area contributed by atoms with Crippen LogP contribution in [-0.4, -0.2) is 32.5 Å². The highest BCUT2D eigenvalue weighted by molar-refractivity contribution is 6.42. The molecule has 0 aliphatic heterocycles. The first-order valence-electron chi connectivity index (χ1n) is 5.12. The van der Waals surface area contributed by atoms with E-state index in [2.05, 4.69) is 0 Å². The molecule has 5 nitrogen and oxygen atoms in total. The van der Waals surface area contributed by atoms with Crippen molar-refractivity contribution in [3.63, 3.8) is 0 Å². The predicted octanol–water partition coefficient (Wildman–Crippen LogP) is 1.63. The molecule has 0 saturated heterocycles. The molecule has 0 saturated carbocycles. The molecule has 92 valence electrons. The Hall–Kier alpha value is -2.04. The smallest absolute Gasteiger partial charge is 0.356 e. The van der Waals surface area contributed by atoms with Crippen LogP contribution in [0.5, 0.6) is 11.5 Å². The summed E-state index contributed by atoms with van der Waals surface area (Å²) >= 11 is 0. The zero-order chi connectivity index (χ0) is 12.8. The standard InChI is InChI=1S/C12H15NO4/c1-4-17-12(14)11(13)8-5-6-9(15-2)10(7-8)16-3/h5-7,13H,4H2,1-3H3. The van der Waals surface area contributed by atoms with Crippen molar-refractivity contribution in [2.45, 2.75) is 6.92 Å². The predicted molar refractivity (Wildman–Crippen MR) is 63.0 cm³/mol. The number of hydrogen-bond acceptors (Lipinski definition) is 5. The second-order valence-corrected chi connectivity index (χ2v) is 3.17. The van der Waals surface area contributed by atoms with Gasteiger partial charge in [0.15, 0.2) is 11.5 Å². The van der Waals surface area contributed by atoms with Crippen LogP contribution in [-0.2, 0) is 9.53 Å².